The number of nitrogens with one attached hydrogen (secondary N) is 1. The van der Waals surface area contributed by atoms with Gasteiger partial charge in [-0.25, -0.2) is 0 Å². The zero-order valence-electron chi connectivity index (χ0n) is 30.7. The minimum absolute atomic E-state index is 0.287. The summed E-state index contributed by atoms with van der Waals surface area (Å²) in [4.78, 5) is 12.5. The molecule has 0 aromatic heterocycles. The lowest BCUT2D eigenvalue weighted by Crippen LogP contribution is -2.46. The van der Waals surface area contributed by atoms with Crippen LogP contribution in [0.3, 0.4) is 0 Å². The molecule has 0 aromatic carbocycles. The van der Waals surface area contributed by atoms with Gasteiger partial charge < -0.3 is 10.4 Å². The Kier molecular flexibility index (Phi) is 33.4. The van der Waals surface area contributed by atoms with Crippen LogP contribution in [0.1, 0.15) is 194 Å². The Morgan fingerprint density at radius 2 is 0.957 bits per heavy atom. The summed E-state index contributed by atoms with van der Waals surface area (Å²) in [6, 6.07) is -1.06. The number of aliphatic hydroxyl groups is 1. The molecule has 1 amide bonds. The van der Waals surface area contributed by atoms with Gasteiger partial charge in [-0.05, 0) is 51.4 Å². The quantitative estimate of drug-likeness (QED) is 0.0351. The van der Waals surface area contributed by atoms with Crippen LogP contribution in [0.15, 0.2) is 36.5 Å². The smallest absolute Gasteiger partial charge is 0.267 e. The third-order valence-electron chi connectivity index (χ3n) is 8.81. The van der Waals surface area contributed by atoms with E-state index in [9.17, 15) is 22.9 Å². The van der Waals surface area contributed by atoms with Crippen molar-refractivity contribution in [3.05, 3.63) is 36.5 Å². The molecule has 47 heavy (non-hydrogen) atoms. The molecule has 0 radical (unpaired) electrons. The van der Waals surface area contributed by atoms with Gasteiger partial charge in [0.15, 0.2) is 0 Å². The second kappa shape index (κ2) is 34.4. The maximum absolute atomic E-state index is 12.5. The van der Waals surface area contributed by atoms with E-state index in [0.29, 0.717) is 0 Å². The molecular weight excluding hydrogens is 607 g/mol. The van der Waals surface area contributed by atoms with Crippen molar-refractivity contribution in [2.24, 2.45) is 0 Å². The molecule has 0 rings (SSSR count). The van der Waals surface area contributed by atoms with E-state index in [-0.39, 0.29) is 12.3 Å². The maximum atomic E-state index is 12.5. The predicted octanol–water partition coefficient (Wildman–Crippen LogP) is 11.4. The monoisotopic (exact) mass is 682 g/mol. The lowest BCUT2D eigenvalue weighted by Gasteiger charge is -2.21. The normalized spacial score (nSPS) is 13.7. The number of amides is 1. The van der Waals surface area contributed by atoms with Crippen molar-refractivity contribution in [3.63, 3.8) is 0 Å². The summed E-state index contributed by atoms with van der Waals surface area (Å²) in [7, 11) is -4.34. The number of allylic oxidation sites excluding steroid dienone is 5. The first-order valence-electron chi connectivity index (χ1n) is 19.7. The average Bonchev–Trinajstić information content (AvgIpc) is 3.03. The zero-order chi connectivity index (χ0) is 34.7. The minimum atomic E-state index is -4.34. The van der Waals surface area contributed by atoms with E-state index >= 15 is 0 Å². The summed E-state index contributed by atoms with van der Waals surface area (Å²) in [6.07, 6.45) is 44.0. The fourth-order valence-electron chi connectivity index (χ4n) is 5.83. The first kappa shape index (κ1) is 45.6. The van der Waals surface area contributed by atoms with Crippen molar-refractivity contribution in [2.45, 2.75) is 206 Å². The van der Waals surface area contributed by atoms with Crippen molar-refractivity contribution in [3.8, 4) is 0 Å². The molecule has 0 saturated carbocycles. The lowest BCUT2D eigenvalue weighted by molar-refractivity contribution is -0.122. The van der Waals surface area contributed by atoms with E-state index in [2.05, 4.69) is 43.5 Å². The second-order valence-corrected chi connectivity index (χ2v) is 15.1. The van der Waals surface area contributed by atoms with Gasteiger partial charge in [0.1, 0.15) is 0 Å². The number of carbonyl (C=O) groups excluding carboxylic acids is 1. The predicted molar refractivity (Wildman–Crippen MR) is 202 cm³/mol. The number of rotatable bonds is 35. The highest BCUT2D eigenvalue weighted by molar-refractivity contribution is 7.85. The fourth-order valence-corrected chi connectivity index (χ4v) is 6.57. The highest BCUT2D eigenvalue weighted by Crippen LogP contribution is 2.14. The Labute approximate surface area is 291 Å². The minimum Gasteiger partial charge on any atom is -0.387 e. The van der Waals surface area contributed by atoms with Gasteiger partial charge in [0.2, 0.25) is 5.91 Å². The van der Waals surface area contributed by atoms with Gasteiger partial charge in [0, 0.05) is 6.42 Å². The van der Waals surface area contributed by atoms with Gasteiger partial charge >= 0.3 is 0 Å². The molecule has 0 heterocycles. The Balaban J connectivity index is 3.96. The first-order chi connectivity index (χ1) is 22.8. The molecule has 6 nitrogen and oxygen atoms in total. The molecule has 2 unspecified atom stereocenters. The molecule has 7 heteroatoms. The summed E-state index contributed by atoms with van der Waals surface area (Å²) >= 11 is 0. The van der Waals surface area contributed by atoms with E-state index < -0.39 is 28.0 Å². The Bertz CT molecular complexity index is 883. The number of aliphatic hydroxyl groups excluding tert-OH is 1. The second-order valence-electron chi connectivity index (χ2n) is 13.6. The van der Waals surface area contributed by atoms with E-state index in [1.54, 1.807) is 6.08 Å². The number of carbonyl (C=O) groups is 1. The topological polar surface area (TPSA) is 104 Å². The van der Waals surface area contributed by atoms with Crippen LogP contribution >= 0.6 is 0 Å². The maximum Gasteiger partial charge on any atom is 0.267 e. The van der Waals surface area contributed by atoms with Gasteiger partial charge in [-0.2, -0.15) is 8.42 Å². The molecule has 276 valence electrons. The number of hydrogen-bond donors (Lipinski definition) is 3. The standard InChI is InChI=1S/C40H75NO5S/c1-3-5-7-9-11-13-15-17-19-20-22-24-26-28-30-32-34-36-40(43)41-38(37-47(44,45)46)39(42)35-33-31-29-27-25-23-21-18-16-14-12-10-8-6-4-2/h11,13,17,19,33,35,38-39,42H,3-10,12,14-16,18,20-32,34,36-37H2,1-2H3,(H,41,43)(H,44,45,46)/b13-11-,19-17-,35-33+. The van der Waals surface area contributed by atoms with Gasteiger partial charge in [-0.1, -0.05) is 172 Å². The highest BCUT2D eigenvalue weighted by Gasteiger charge is 2.24. The molecule has 0 aliphatic rings. The van der Waals surface area contributed by atoms with Crippen molar-refractivity contribution in [1.29, 1.82) is 0 Å². The van der Waals surface area contributed by atoms with Crippen molar-refractivity contribution in [2.75, 3.05) is 5.75 Å². The molecule has 0 aliphatic heterocycles. The first-order valence-corrected chi connectivity index (χ1v) is 21.3. The number of hydrogen-bond acceptors (Lipinski definition) is 4. The molecule has 0 fully saturated rings. The zero-order valence-corrected chi connectivity index (χ0v) is 31.5. The van der Waals surface area contributed by atoms with Crippen LogP contribution < -0.4 is 5.32 Å². The van der Waals surface area contributed by atoms with Crippen LogP contribution in [0.4, 0.5) is 0 Å². The summed E-state index contributed by atoms with van der Waals surface area (Å²) in [5.41, 5.74) is 0. The molecule has 0 bridgehead atoms. The van der Waals surface area contributed by atoms with Crippen molar-refractivity contribution in [1.82, 2.24) is 5.32 Å². The number of unbranched alkanes of at least 4 members (excludes halogenated alkanes) is 23. The van der Waals surface area contributed by atoms with Crippen molar-refractivity contribution >= 4 is 16.0 Å². The largest absolute Gasteiger partial charge is 0.387 e. The average molecular weight is 682 g/mol. The van der Waals surface area contributed by atoms with E-state index in [0.717, 1.165) is 57.8 Å². The Hall–Kier alpha value is -1.44. The summed E-state index contributed by atoms with van der Waals surface area (Å²) < 4.78 is 32.4. The van der Waals surface area contributed by atoms with Crippen LogP contribution in [0, 0.1) is 0 Å². The van der Waals surface area contributed by atoms with Crippen LogP contribution in [-0.2, 0) is 14.9 Å². The van der Waals surface area contributed by atoms with E-state index in [1.807, 2.05) is 6.08 Å². The molecule has 0 aliphatic carbocycles. The van der Waals surface area contributed by atoms with Crippen LogP contribution in [-0.4, -0.2) is 41.9 Å². The SMILES string of the molecule is CCCCC/C=C\C/C=C\CCCCCCCCCC(=O)NC(CS(=O)(=O)O)C(O)/C=C/CCCCCCCCCCCCCCC. The summed E-state index contributed by atoms with van der Waals surface area (Å²) in [6.45, 7) is 4.49. The molecule has 0 aromatic rings. The molecule has 2 atom stereocenters. The van der Waals surface area contributed by atoms with Crippen LogP contribution in [0.5, 0.6) is 0 Å². The van der Waals surface area contributed by atoms with Gasteiger partial charge in [-0.15, -0.1) is 0 Å². The molecular formula is C40H75NO5S. The van der Waals surface area contributed by atoms with Crippen LogP contribution in [0.2, 0.25) is 0 Å². The molecule has 0 spiro atoms. The third-order valence-corrected chi connectivity index (χ3v) is 9.59. The Morgan fingerprint density at radius 1 is 0.574 bits per heavy atom. The highest BCUT2D eigenvalue weighted by atomic mass is 32.2. The molecule has 3 N–H and O–H groups in total. The summed E-state index contributed by atoms with van der Waals surface area (Å²) in [5.74, 6) is -0.987. The van der Waals surface area contributed by atoms with E-state index in [1.165, 1.54) is 116 Å². The van der Waals surface area contributed by atoms with Gasteiger partial charge in [-0.3, -0.25) is 9.35 Å². The Morgan fingerprint density at radius 3 is 1.43 bits per heavy atom. The van der Waals surface area contributed by atoms with Gasteiger partial charge in [0.25, 0.3) is 10.1 Å². The fraction of sp³-hybridized carbons (Fsp3) is 0.825. The van der Waals surface area contributed by atoms with Crippen molar-refractivity contribution < 1.29 is 22.9 Å². The summed E-state index contributed by atoms with van der Waals surface area (Å²) in [5, 5.41) is 13.2. The molecule has 0 saturated heterocycles. The van der Waals surface area contributed by atoms with E-state index in [4.69, 9.17) is 0 Å². The third kappa shape index (κ3) is 35.7. The van der Waals surface area contributed by atoms with Crippen LogP contribution in [0.25, 0.3) is 0 Å². The van der Waals surface area contributed by atoms with Gasteiger partial charge in [0.05, 0.1) is 17.9 Å². The lowest BCUT2D eigenvalue weighted by atomic mass is 10.0.